The van der Waals surface area contributed by atoms with Crippen molar-refractivity contribution in [1.82, 2.24) is 4.44 Å². The molecule has 1 nitrogen and oxygen atoms in total. The van der Waals surface area contributed by atoms with Crippen LogP contribution in [0.15, 0.2) is 23.0 Å². The molecule has 0 bridgehead atoms. The fourth-order valence-corrected chi connectivity index (χ4v) is 10.0. The fraction of sp³-hybridized carbons (Fsp3) is 0.667. The molecule has 84 valence electrons. The summed E-state index contributed by atoms with van der Waals surface area (Å²) >= 11 is 0. The van der Waals surface area contributed by atoms with Crippen LogP contribution in [0.1, 0.15) is 27.7 Å². The van der Waals surface area contributed by atoms with Gasteiger partial charge in [0.25, 0.3) is 0 Å². The van der Waals surface area contributed by atoms with Gasteiger partial charge in [-0.1, -0.05) is 17.7 Å². The molecule has 0 spiro atoms. The van der Waals surface area contributed by atoms with Gasteiger partial charge in [-0.2, -0.15) is 0 Å². The molecule has 0 aromatic rings. The van der Waals surface area contributed by atoms with Crippen LogP contribution < -0.4 is 0 Å². The maximum absolute atomic E-state index is 2.77. The standard InChI is InChI=1S/C12H21NP2/c1-9-7-10-11(8-9)15(6)13(14(10)5)12(2,3)4/h7-8,10H,1-6H3. The van der Waals surface area contributed by atoms with Gasteiger partial charge in [0.1, 0.15) is 0 Å². The van der Waals surface area contributed by atoms with Crippen LogP contribution in [0.3, 0.4) is 0 Å². The van der Waals surface area contributed by atoms with Crippen LogP contribution in [0.5, 0.6) is 0 Å². The van der Waals surface area contributed by atoms with Gasteiger partial charge in [-0.3, -0.25) is 4.44 Å². The maximum Gasteiger partial charge on any atom is 0.0376 e. The molecule has 0 aromatic carbocycles. The lowest BCUT2D eigenvalue weighted by atomic mass is 10.1. The number of nitrogens with zero attached hydrogens (tertiary/aromatic N) is 1. The average molecular weight is 241 g/mol. The molecule has 1 heterocycles. The van der Waals surface area contributed by atoms with Crippen LogP contribution in [0.4, 0.5) is 0 Å². The molecule has 15 heavy (non-hydrogen) atoms. The number of hydrogen-bond donors (Lipinski definition) is 0. The molecule has 3 unspecified atom stereocenters. The van der Waals surface area contributed by atoms with Crippen LogP contribution in [-0.4, -0.2) is 29.0 Å². The molecule has 0 saturated carbocycles. The molecule has 2 aliphatic rings. The predicted molar refractivity (Wildman–Crippen MR) is 72.9 cm³/mol. The van der Waals surface area contributed by atoms with Crippen molar-refractivity contribution in [3.63, 3.8) is 0 Å². The van der Waals surface area contributed by atoms with E-state index in [9.17, 15) is 0 Å². The number of allylic oxidation sites excluding steroid dienone is 4. The Morgan fingerprint density at radius 2 is 1.87 bits per heavy atom. The van der Waals surface area contributed by atoms with Gasteiger partial charge in [0.15, 0.2) is 0 Å². The molecular formula is C12H21NP2. The Morgan fingerprint density at radius 3 is 2.33 bits per heavy atom. The highest BCUT2D eigenvalue weighted by Crippen LogP contribution is 2.74. The van der Waals surface area contributed by atoms with E-state index < -0.39 is 0 Å². The average Bonchev–Trinajstić information content (AvgIpc) is 2.52. The Hall–Kier alpha value is 0.300. The smallest absolute Gasteiger partial charge is 0.0376 e. The first kappa shape index (κ1) is 11.8. The monoisotopic (exact) mass is 241 g/mol. The summed E-state index contributed by atoms with van der Waals surface area (Å²) in [5.41, 5.74) is 2.57. The summed E-state index contributed by atoms with van der Waals surface area (Å²) in [5, 5.41) is 1.71. The van der Waals surface area contributed by atoms with Crippen LogP contribution in [0, 0.1) is 0 Å². The molecule has 2 rings (SSSR count). The molecule has 1 saturated heterocycles. The lowest BCUT2D eigenvalue weighted by Gasteiger charge is -2.38. The third-order valence-electron chi connectivity index (χ3n) is 3.06. The SMILES string of the molecule is CC1=CC2C(=C1)P(C)N(C(C)(C)C)P2C. The summed E-state index contributed by atoms with van der Waals surface area (Å²) in [6, 6.07) is 0. The molecular weight excluding hydrogens is 220 g/mol. The molecule has 1 aliphatic heterocycles. The minimum Gasteiger partial charge on any atom is -0.251 e. The van der Waals surface area contributed by atoms with Crippen LogP contribution in [0.25, 0.3) is 0 Å². The zero-order valence-corrected chi connectivity index (χ0v) is 12.4. The normalized spacial score (nSPS) is 36.5. The topological polar surface area (TPSA) is 3.24 Å². The second-order valence-electron chi connectivity index (χ2n) is 5.48. The van der Waals surface area contributed by atoms with Gasteiger partial charge in [-0.25, -0.2) is 0 Å². The first-order valence-electron chi connectivity index (χ1n) is 5.49. The van der Waals surface area contributed by atoms with Crippen molar-refractivity contribution >= 4 is 16.1 Å². The van der Waals surface area contributed by atoms with Crippen molar-refractivity contribution in [1.29, 1.82) is 0 Å². The van der Waals surface area contributed by atoms with Gasteiger partial charge in [-0.05, 0) is 62.5 Å². The highest BCUT2D eigenvalue weighted by Gasteiger charge is 2.45. The first-order valence-corrected chi connectivity index (χ1v) is 9.04. The van der Waals surface area contributed by atoms with E-state index in [1.54, 1.807) is 5.31 Å². The second kappa shape index (κ2) is 3.66. The summed E-state index contributed by atoms with van der Waals surface area (Å²) in [6.45, 7) is 14.2. The maximum atomic E-state index is 2.77. The molecule has 0 N–H and O–H groups in total. The van der Waals surface area contributed by atoms with Crippen molar-refractivity contribution < 1.29 is 0 Å². The zero-order valence-electron chi connectivity index (χ0n) is 10.6. The number of fused-ring (bicyclic) bond motifs is 1. The van der Waals surface area contributed by atoms with E-state index in [-0.39, 0.29) is 16.1 Å². The highest BCUT2D eigenvalue weighted by atomic mass is 31.2. The largest absolute Gasteiger partial charge is 0.251 e. The Labute approximate surface area is 96.2 Å². The summed E-state index contributed by atoms with van der Waals surface area (Å²) in [4.78, 5) is 0. The third-order valence-corrected chi connectivity index (χ3v) is 9.67. The Morgan fingerprint density at radius 1 is 1.27 bits per heavy atom. The summed E-state index contributed by atoms with van der Waals surface area (Å²) in [6.07, 6.45) is 4.91. The van der Waals surface area contributed by atoms with E-state index in [0.29, 0.717) is 5.54 Å². The Balaban J connectivity index is 2.33. The molecule has 3 atom stereocenters. The van der Waals surface area contributed by atoms with Crippen molar-refractivity contribution in [2.24, 2.45) is 0 Å². The molecule has 0 radical (unpaired) electrons. The first-order chi connectivity index (χ1) is 6.82. The van der Waals surface area contributed by atoms with Crippen LogP contribution in [-0.2, 0) is 0 Å². The number of rotatable bonds is 0. The summed E-state index contributed by atoms with van der Waals surface area (Å²) in [5.74, 6) is 0. The highest BCUT2D eigenvalue weighted by molar-refractivity contribution is 7.77. The third kappa shape index (κ3) is 1.84. The van der Waals surface area contributed by atoms with Gasteiger partial charge in [0.2, 0.25) is 0 Å². The van der Waals surface area contributed by atoms with E-state index >= 15 is 0 Å². The quantitative estimate of drug-likeness (QED) is 0.569. The van der Waals surface area contributed by atoms with Crippen molar-refractivity contribution in [3.8, 4) is 0 Å². The van der Waals surface area contributed by atoms with Crippen molar-refractivity contribution in [2.75, 3.05) is 13.3 Å². The van der Waals surface area contributed by atoms with Gasteiger partial charge >= 0.3 is 0 Å². The lowest BCUT2D eigenvalue weighted by molar-refractivity contribution is 0.398. The predicted octanol–water partition coefficient (Wildman–Crippen LogP) is 4.37. The lowest BCUT2D eigenvalue weighted by Crippen LogP contribution is -2.31. The second-order valence-corrected chi connectivity index (χ2v) is 9.87. The van der Waals surface area contributed by atoms with Crippen molar-refractivity contribution in [2.45, 2.75) is 38.9 Å². The minimum absolute atomic E-state index is 0.00540. The van der Waals surface area contributed by atoms with E-state index in [0.717, 1.165) is 5.66 Å². The minimum atomic E-state index is -0.0517. The summed E-state index contributed by atoms with van der Waals surface area (Å²) in [7, 11) is -0.0571. The molecule has 0 aromatic heterocycles. The molecule has 0 amide bonds. The molecule has 1 fully saturated rings. The van der Waals surface area contributed by atoms with Crippen LogP contribution >= 0.6 is 16.1 Å². The van der Waals surface area contributed by atoms with Gasteiger partial charge < -0.3 is 0 Å². The Kier molecular flexibility index (Phi) is 2.87. The Bertz CT molecular complexity index is 338. The fourth-order valence-electron chi connectivity index (χ4n) is 2.65. The van der Waals surface area contributed by atoms with E-state index in [1.807, 2.05) is 0 Å². The van der Waals surface area contributed by atoms with Crippen LogP contribution in [0.2, 0.25) is 0 Å². The molecule has 3 heteroatoms. The van der Waals surface area contributed by atoms with Crippen molar-refractivity contribution in [3.05, 3.63) is 23.0 Å². The zero-order chi connectivity index (χ0) is 11.4. The van der Waals surface area contributed by atoms with E-state index in [1.165, 1.54) is 5.57 Å². The van der Waals surface area contributed by atoms with E-state index in [4.69, 9.17) is 0 Å². The van der Waals surface area contributed by atoms with Gasteiger partial charge in [-0.15, -0.1) is 0 Å². The molecule has 1 aliphatic carbocycles. The van der Waals surface area contributed by atoms with Gasteiger partial charge in [0, 0.05) is 11.2 Å². The summed E-state index contributed by atoms with van der Waals surface area (Å²) < 4.78 is 2.77. The number of hydrogen-bond acceptors (Lipinski definition) is 1. The van der Waals surface area contributed by atoms with E-state index in [2.05, 4.69) is 57.6 Å². The van der Waals surface area contributed by atoms with Gasteiger partial charge in [0.05, 0.1) is 0 Å².